The van der Waals surface area contributed by atoms with Crippen molar-refractivity contribution in [3.05, 3.63) is 35.9 Å². The number of aliphatic hydroxyl groups excluding tert-OH is 1. The van der Waals surface area contributed by atoms with Gasteiger partial charge in [-0.2, -0.15) is 0 Å². The largest absolute Gasteiger partial charge is 0.394 e. The number of hydrogen-bond donors (Lipinski definition) is 2. The maximum Gasteiger partial charge on any atom is 0.0772 e. The van der Waals surface area contributed by atoms with Crippen molar-refractivity contribution in [2.45, 2.75) is 24.5 Å². The van der Waals surface area contributed by atoms with Gasteiger partial charge in [0.15, 0.2) is 0 Å². The number of nitrogens with two attached hydrogens (primary N) is 1. The van der Waals surface area contributed by atoms with Crippen LogP contribution in [0.25, 0.3) is 0 Å². The highest BCUT2D eigenvalue weighted by molar-refractivity contribution is 5.24. The normalized spacial score (nSPS) is 22.6. The van der Waals surface area contributed by atoms with E-state index in [0.29, 0.717) is 12.6 Å². The quantitative estimate of drug-likeness (QED) is 0.803. The fourth-order valence-corrected chi connectivity index (χ4v) is 2.68. The molecular formula is C15H24N2O2. The van der Waals surface area contributed by atoms with Gasteiger partial charge in [-0.15, -0.1) is 0 Å². The predicted octanol–water partition coefficient (Wildman–Crippen LogP) is 0.944. The third-order valence-electron chi connectivity index (χ3n) is 3.72. The molecule has 2 atom stereocenters. The molecule has 2 unspecified atom stereocenters. The van der Waals surface area contributed by atoms with Crippen molar-refractivity contribution >= 4 is 0 Å². The molecule has 1 aliphatic rings. The minimum atomic E-state index is -0.714. The number of nitrogens with zero attached hydrogens (tertiary/aromatic N) is 1. The van der Waals surface area contributed by atoms with Crippen molar-refractivity contribution in [3.8, 4) is 0 Å². The summed E-state index contributed by atoms with van der Waals surface area (Å²) in [5.74, 6) is 0. The molecule has 0 bridgehead atoms. The van der Waals surface area contributed by atoms with E-state index in [1.54, 1.807) is 0 Å². The number of aliphatic hydroxyl groups is 1. The smallest absolute Gasteiger partial charge is 0.0772 e. The zero-order valence-corrected chi connectivity index (χ0v) is 11.6. The zero-order valence-electron chi connectivity index (χ0n) is 11.6. The van der Waals surface area contributed by atoms with E-state index in [4.69, 9.17) is 10.5 Å². The monoisotopic (exact) mass is 264 g/mol. The molecule has 0 aliphatic carbocycles. The topological polar surface area (TPSA) is 58.7 Å². The molecular weight excluding hydrogens is 240 g/mol. The molecule has 0 aromatic heterocycles. The Labute approximate surface area is 115 Å². The van der Waals surface area contributed by atoms with Crippen molar-refractivity contribution in [1.29, 1.82) is 0 Å². The summed E-state index contributed by atoms with van der Waals surface area (Å²) in [7, 11) is 2.03. The van der Waals surface area contributed by atoms with Crippen LogP contribution in [0.15, 0.2) is 30.3 Å². The van der Waals surface area contributed by atoms with Crippen LogP contribution in [0, 0.1) is 0 Å². The van der Waals surface area contributed by atoms with E-state index < -0.39 is 5.54 Å². The van der Waals surface area contributed by atoms with Crippen molar-refractivity contribution in [1.82, 2.24) is 4.90 Å². The van der Waals surface area contributed by atoms with Gasteiger partial charge in [-0.3, -0.25) is 0 Å². The lowest BCUT2D eigenvalue weighted by atomic mass is 9.91. The molecule has 4 nitrogen and oxygen atoms in total. The lowest BCUT2D eigenvalue weighted by Crippen LogP contribution is -2.50. The summed E-state index contributed by atoms with van der Waals surface area (Å²) in [6, 6.07) is 9.79. The van der Waals surface area contributed by atoms with Gasteiger partial charge in [0.25, 0.3) is 0 Å². The standard InChI is InChI=1S/C15H24N2O2/c1-17(10-14-8-5-9-19-14)11-15(16,12-18)13-6-3-2-4-7-13/h2-4,6-7,14,18H,5,8-12,16H2,1H3. The van der Waals surface area contributed by atoms with Crippen LogP contribution >= 0.6 is 0 Å². The van der Waals surface area contributed by atoms with Crippen molar-refractivity contribution in [3.63, 3.8) is 0 Å². The third kappa shape index (κ3) is 3.76. The lowest BCUT2D eigenvalue weighted by molar-refractivity contribution is 0.0665. The summed E-state index contributed by atoms with van der Waals surface area (Å²) in [5, 5.41) is 9.67. The zero-order chi connectivity index (χ0) is 13.7. The summed E-state index contributed by atoms with van der Waals surface area (Å²) < 4.78 is 5.63. The van der Waals surface area contributed by atoms with Crippen LogP contribution in [0.1, 0.15) is 18.4 Å². The van der Waals surface area contributed by atoms with Crippen LogP contribution in [0.4, 0.5) is 0 Å². The molecule has 0 amide bonds. The Morgan fingerprint density at radius 2 is 2.16 bits per heavy atom. The molecule has 1 heterocycles. The summed E-state index contributed by atoms with van der Waals surface area (Å²) >= 11 is 0. The van der Waals surface area contributed by atoms with Gasteiger partial charge in [0, 0.05) is 19.7 Å². The molecule has 1 fully saturated rings. The summed E-state index contributed by atoms with van der Waals surface area (Å²) in [6.07, 6.45) is 2.57. The maximum absolute atomic E-state index is 9.67. The first kappa shape index (κ1) is 14.5. The van der Waals surface area contributed by atoms with Crippen LogP contribution in [-0.4, -0.2) is 49.5 Å². The van der Waals surface area contributed by atoms with Crippen molar-refractivity contribution < 1.29 is 9.84 Å². The van der Waals surface area contributed by atoms with E-state index in [0.717, 1.165) is 31.6 Å². The highest BCUT2D eigenvalue weighted by atomic mass is 16.5. The van der Waals surface area contributed by atoms with Gasteiger partial charge >= 0.3 is 0 Å². The molecule has 19 heavy (non-hydrogen) atoms. The summed E-state index contributed by atoms with van der Waals surface area (Å²) in [4.78, 5) is 2.15. The van der Waals surface area contributed by atoms with Gasteiger partial charge in [-0.05, 0) is 25.5 Å². The molecule has 2 rings (SSSR count). The van der Waals surface area contributed by atoms with Crippen molar-refractivity contribution in [2.75, 3.05) is 33.4 Å². The maximum atomic E-state index is 9.67. The van der Waals surface area contributed by atoms with Crippen LogP contribution < -0.4 is 5.73 Å². The Hall–Kier alpha value is -0.940. The summed E-state index contributed by atoms with van der Waals surface area (Å²) in [5.41, 5.74) is 6.62. The average molecular weight is 264 g/mol. The summed E-state index contributed by atoms with van der Waals surface area (Å²) in [6.45, 7) is 2.29. The number of rotatable bonds is 6. The molecule has 0 spiro atoms. The molecule has 1 saturated heterocycles. The van der Waals surface area contributed by atoms with Gasteiger partial charge in [0.05, 0.1) is 18.2 Å². The predicted molar refractivity (Wildman–Crippen MR) is 75.9 cm³/mol. The molecule has 1 aromatic carbocycles. The second-order valence-electron chi connectivity index (χ2n) is 5.51. The minimum absolute atomic E-state index is 0.0626. The fourth-order valence-electron chi connectivity index (χ4n) is 2.68. The fraction of sp³-hybridized carbons (Fsp3) is 0.600. The first-order chi connectivity index (χ1) is 9.14. The highest BCUT2D eigenvalue weighted by Gasteiger charge is 2.29. The van der Waals surface area contributed by atoms with Crippen LogP contribution in [0.3, 0.4) is 0 Å². The Morgan fingerprint density at radius 1 is 1.42 bits per heavy atom. The van der Waals surface area contributed by atoms with E-state index in [1.807, 2.05) is 37.4 Å². The van der Waals surface area contributed by atoms with Gasteiger partial charge in [-0.1, -0.05) is 30.3 Å². The van der Waals surface area contributed by atoms with Crippen LogP contribution in [0.2, 0.25) is 0 Å². The Balaban J connectivity index is 1.97. The SMILES string of the molecule is CN(CC1CCCO1)CC(N)(CO)c1ccccc1. The Kier molecular flexibility index (Phi) is 4.93. The number of hydrogen-bond acceptors (Lipinski definition) is 4. The molecule has 4 heteroatoms. The van der Waals surface area contributed by atoms with Crippen LogP contribution in [0.5, 0.6) is 0 Å². The minimum Gasteiger partial charge on any atom is -0.394 e. The molecule has 0 radical (unpaired) electrons. The van der Waals surface area contributed by atoms with Crippen LogP contribution in [-0.2, 0) is 10.3 Å². The lowest BCUT2D eigenvalue weighted by Gasteiger charge is -2.33. The van der Waals surface area contributed by atoms with Gasteiger partial charge in [-0.25, -0.2) is 0 Å². The molecule has 106 valence electrons. The number of ether oxygens (including phenoxy) is 1. The van der Waals surface area contributed by atoms with E-state index in [-0.39, 0.29) is 6.61 Å². The van der Waals surface area contributed by atoms with Gasteiger partial charge in [0.1, 0.15) is 0 Å². The first-order valence-electron chi connectivity index (χ1n) is 6.89. The van der Waals surface area contributed by atoms with Gasteiger partial charge in [0.2, 0.25) is 0 Å². The number of benzene rings is 1. The Morgan fingerprint density at radius 3 is 2.74 bits per heavy atom. The Bertz CT molecular complexity index is 379. The second-order valence-corrected chi connectivity index (χ2v) is 5.51. The van der Waals surface area contributed by atoms with Gasteiger partial charge < -0.3 is 20.5 Å². The van der Waals surface area contributed by atoms with E-state index >= 15 is 0 Å². The molecule has 1 aromatic rings. The molecule has 0 saturated carbocycles. The average Bonchev–Trinajstić information content (AvgIpc) is 2.92. The van der Waals surface area contributed by atoms with Crippen molar-refractivity contribution in [2.24, 2.45) is 5.73 Å². The van der Waals surface area contributed by atoms with E-state index in [1.165, 1.54) is 0 Å². The highest BCUT2D eigenvalue weighted by Crippen LogP contribution is 2.20. The molecule has 3 N–H and O–H groups in total. The first-order valence-corrected chi connectivity index (χ1v) is 6.89. The third-order valence-corrected chi connectivity index (χ3v) is 3.72. The molecule has 1 aliphatic heterocycles. The number of likely N-dealkylation sites (N-methyl/N-ethyl adjacent to an activating group) is 1. The second kappa shape index (κ2) is 6.48. The van der Waals surface area contributed by atoms with E-state index in [9.17, 15) is 5.11 Å². The van der Waals surface area contributed by atoms with E-state index in [2.05, 4.69) is 4.90 Å².